The third-order valence-electron chi connectivity index (χ3n) is 5.59. The number of benzene rings is 3. The van der Waals surface area contributed by atoms with E-state index in [2.05, 4.69) is 12.0 Å². The zero-order valence-corrected chi connectivity index (χ0v) is 18.3. The normalized spacial score (nSPS) is 10.9. The maximum Gasteiger partial charge on any atom is 0.275 e. The quantitative estimate of drug-likeness (QED) is 0.467. The monoisotopic (exact) mass is 426 g/mol. The van der Waals surface area contributed by atoms with Gasteiger partial charge < -0.3 is 10.6 Å². The number of likely N-dealkylation sites (N-methyl/N-ethyl adjacent to an activating group) is 1. The largest absolute Gasteiger partial charge is 0.399 e. The van der Waals surface area contributed by atoms with Gasteiger partial charge in [-0.15, -0.1) is 0 Å². The average Bonchev–Trinajstić information content (AvgIpc) is 2.82. The maximum atomic E-state index is 13.2. The van der Waals surface area contributed by atoms with Crippen LogP contribution in [0.3, 0.4) is 0 Å². The van der Waals surface area contributed by atoms with Gasteiger partial charge in [-0.1, -0.05) is 49.4 Å². The molecule has 0 atom stereocenters. The van der Waals surface area contributed by atoms with Crippen LogP contribution in [0.4, 0.5) is 11.4 Å². The second-order valence-electron chi connectivity index (χ2n) is 7.64. The Bertz CT molecular complexity index is 1330. The highest BCUT2D eigenvalue weighted by molar-refractivity contribution is 5.95. The molecule has 0 radical (unpaired) electrons. The van der Waals surface area contributed by atoms with E-state index in [9.17, 15) is 9.59 Å². The van der Waals surface area contributed by atoms with Gasteiger partial charge in [0.2, 0.25) is 5.91 Å². The number of hydrogen-bond acceptors (Lipinski definition) is 4. The van der Waals surface area contributed by atoms with E-state index in [1.54, 1.807) is 17.0 Å². The van der Waals surface area contributed by atoms with Crippen molar-refractivity contribution in [3.8, 4) is 11.3 Å². The minimum Gasteiger partial charge on any atom is -0.399 e. The summed E-state index contributed by atoms with van der Waals surface area (Å²) in [4.78, 5) is 28.0. The Morgan fingerprint density at radius 2 is 1.69 bits per heavy atom. The summed E-state index contributed by atoms with van der Waals surface area (Å²) < 4.78 is 1.26. The smallest absolute Gasteiger partial charge is 0.275 e. The van der Waals surface area contributed by atoms with Crippen molar-refractivity contribution >= 4 is 28.1 Å². The number of hydrogen-bond donors (Lipinski definition) is 1. The van der Waals surface area contributed by atoms with Gasteiger partial charge in [0, 0.05) is 28.9 Å². The molecule has 0 fully saturated rings. The standard InChI is InChI=1S/C26H26N4O2/c1-3-18-12-14-21(15-13-18)29(4-2)24(31)17-30-26(32)23-11-6-5-10-22(23)25(28-30)19-8-7-9-20(27)16-19/h5-16H,3-4,17,27H2,1-2H3. The fraction of sp³-hybridized carbons (Fsp3) is 0.192. The Morgan fingerprint density at radius 1 is 0.969 bits per heavy atom. The molecule has 0 unspecified atom stereocenters. The molecular formula is C26H26N4O2. The molecule has 0 aliphatic heterocycles. The van der Waals surface area contributed by atoms with Gasteiger partial charge in [0.25, 0.3) is 5.56 Å². The van der Waals surface area contributed by atoms with Crippen LogP contribution in [0.1, 0.15) is 19.4 Å². The molecule has 0 saturated carbocycles. The van der Waals surface area contributed by atoms with Crippen molar-refractivity contribution in [1.29, 1.82) is 0 Å². The minimum atomic E-state index is -0.293. The predicted molar refractivity (Wildman–Crippen MR) is 130 cm³/mol. The highest BCUT2D eigenvalue weighted by atomic mass is 16.2. The molecule has 6 heteroatoms. The molecule has 3 aromatic carbocycles. The lowest BCUT2D eigenvalue weighted by Gasteiger charge is -2.22. The van der Waals surface area contributed by atoms with Crippen molar-refractivity contribution in [1.82, 2.24) is 9.78 Å². The van der Waals surface area contributed by atoms with Gasteiger partial charge in [-0.05, 0) is 49.2 Å². The molecule has 0 aliphatic carbocycles. The Balaban J connectivity index is 1.76. The summed E-state index contributed by atoms with van der Waals surface area (Å²) in [7, 11) is 0. The van der Waals surface area contributed by atoms with Crippen LogP contribution in [0.25, 0.3) is 22.0 Å². The number of fused-ring (bicyclic) bond motifs is 1. The second-order valence-corrected chi connectivity index (χ2v) is 7.64. The van der Waals surface area contributed by atoms with E-state index in [4.69, 9.17) is 5.73 Å². The number of nitrogen functional groups attached to an aromatic ring is 1. The Hall–Kier alpha value is -3.93. The highest BCUT2D eigenvalue weighted by Gasteiger charge is 2.18. The number of aromatic nitrogens is 2. The number of carbonyl (C=O) groups excluding carboxylic acids is 1. The summed E-state index contributed by atoms with van der Waals surface area (Å²) in [5, 5.41) is 5.84. The van der Waals surface area contributed by atoms with Gasteiger partial charge >= 0.3 is 0 Å². The maximum absolute atomic E-state index is 13.2. The van der Waals surface area contributed by atoms with E-state index in [1.165, 1.54) is 10.2 Å². The van der Waals surface area contributed by atoms with Crippen LogP contribution in [0.15, 0.2) is 77.6 Å². The topological polar surface area (TPSA) is 81.2 Å². The Morgan fingerprint density at radius 3 is 2.34 bits per heavy atom. The molecule has 1 aromatic heterocycles. The first-order valence-electron chi connectivity index (χ1n) is 10.8. The molecule has 1 heterocycles. The summed E-state index contributed by atoms with van der Waals surface area (Å²) in [5.41, 5.74) is 9.72. The molecule has 4 rings (SSSR count). The van der Waals surface area contributed by atoms with E-state index in [1.807, 2.05) is 67.6 Å². The first-order valence-corrected chi connectivity index (χ1v) is 10.8. The van der Waals surface area contributed by atoms with Crippen molar-refractivity contribution < 1.29 is 4.79 Å². The number of nitrogens with two attached hydrogens (primary N) is 1. The van der Waals surface area contributed by atoms with E-state index in [-0.39, 0.29) is 18.0 Å². The van der Waals surface area contributed by atoms with Gasteiger partial charge in [-0.25, -0.2) is 4.68 Å². The summed E-state index contributed by atoms with van der Waals surface area (Å²) in [5.74, 6) is -0.194. The van der Waals surface area contributed by atoms with Gasteiger partial charge in [0.05, 0.1) is 11.1 Å². The average molecular weight is 427 g/mol. The molecule has 162 valence electrons. The zero-order chi connectivity index (χ0) is 22.7. The lowest BCUT2D eigenvalue weighted by Crippen LogP contribution is -2.37. The number of aryl methyl sites for hydroxylation is 1. The van der Waals surface area contributed by atoms with Crippen molar-refractivity contribution in [2.75, 3.05) is 17.2 Å². The molecule has 0 spiro atoms. The van der Waals surface area contributed by atoms with E-state index < -0.39 is 0 Å². The van der Waals surface area contributed by atoms with E-state index in [0.29, 0.717) is 23.3 Å². The van der Waals surface area contributed by atoms with Crippen molar-refractivity contribution in [3.05, 3.63) is 88.7 Å². The molecule has 0 bridgehead atoms. The number of anilines is 2. The van der Waals surface area contributed by atoms with Crippen molar-refractivity contribution in [3.63, 3.8) is 0 Å². The highest BCUT2D eigenvalue weighted by Crippen LogP contribution is 2.26. The molecule has 1 amide bonds. The molecule has 2 N–H and O–H groups in total. The summed E-state index contributed by atoms with van der Waals surface area (Å²) in [6.45, 7) is 4.35. The van der Waals surface area contributed by atoms with Crippen LogP contribution in [0, 0.1) is 0 Å². The lowest BCUT2D eigenvalue weighted by molar-refractivity contribution is -0.119. The van der Waals surface area contributed by atoms with Crippen LogP contribution in [-0.2, 0) is 17.8 Å². The van der Waals surface area contributed by atoms with Gasteiger partial charge in [0.1, 0.15) is 6.54 Å². The third-order valence-corrected chi connectivity index (χ3v) is 5.59. The fourth-order valence-corrected chi connectivity index (χ4v) is 3.87. The summed E-state index contributed by atoms with van der Waals surface area (Å²) in [6.07, 6.45) is 0.934. The van der Waals surface area contributed by atoms with Crippen LogP contribution < -0.4 is 16.2 Å². The Kier molecular flexibility index (Phi) is 6.03. The van der Waals surface area contributed by atoms with Crippen LogP contribution >= 0.6 is 0 Å². The molecule has 6 nitrogen and oxygen atoms in total. The SMILES string of the molecule is CCc1ccc(N(CC)C(=O)Cn2nc(-c3cccc(N)c3)c3ccccc3c2=O)cc1. The van der Waals surface area contributed by atoms with Gasteiger partial charge in [-0.3, -0.25) is 9.59 Å². The van der Waals surface area contributed by atoms with Gasteiger partial charge in [-0.2, -0.15) is 5.10 Å². The van der Waals surface area contributed by atoms with Crippen LogP contribution in [0.2, 0.25) is 0 Å². The van der Waals surface area contributed by atoms with Gasteiger partial charge in [0.15, 0.2) is 0 Å². The fourth-order valence-electron chi connectivity index (χ4n) is 3.87. The van der Waals surface area contributed by atoms with Crippen LogP contribution in [-0.4, -0.2) is 22.2 Å². The zero-order valence-electron chi connectivity index (χ0n) is 18.3. The number of rotatable bonds is 6. The summed E-state index contributed by atoms with van der Waals surface area (Å²) >= 11 is 0. The van der Waals surface area contributed by atoms with Crippen molar-refractivity contribution in [2.24, 2.45) is 0 Å². The minimum absolute atomic E-state index is 0.150. The molecule has 32 heavy (non-hydrogen) atoms. The first kappa shape index (κ1) is 21.3. The second kappa shape index (κ2) is 9.06. The molecule has 4 aromatic rings. The predicted octanol–water partition coefficient (Wildman–Crippen LogP) is 4.26. The number of amides is 1. The summed E-state index contributed by atoms with van der Waals surface area (Å²) in [6, 6.07) is 22.6. The number of carbonyl (C=O) groups is 1. The van der Waals surface area contributed by atoms with E-state index >= 15 is 0 Å². The van der Waals surface area contributed by atoms with E-state index in [0.717, 1.165) is 23.1 Å². The third kappa shape index (κ3) is 4.12. The Labute approximate surface area is 186 Å². The molecule has 0 saturated heterocycles. The first-order chi connectivity index (χ1) is 15.5. The van der Waals surface area contributed by atoms with Crippen LogP contribution in [0.5, 0.6) is 0 Å². The number of nitrogens with zero attached hydrogens (tertiary/aromatic N) is 3. The van der Waals surface area contributed by atoms with Crippen molar-refractivity contribution in [2.45, 2.75) is 26.8 Å². The molecular weight excluding hydrogens is 400 g/mol. The molecule has 0 aliphatic rings. The lowest BCUT2D eigenvalue weighted by atomic mass is 10.0.